The van der Waals surface area contributed by atoms with E-state index in [1.165, 1.54) is 4.90 Å². The molecule has 1 amide bonds. The van der Waals surface area contributed by atoms with Crippen LogP contribution in [0.1, 0.15) is 18.4 Å². The molecular weight excluding hydrogens is 290 g/mol. The Bertz CT molecular complexity index is 626. The molecule has 0 spiro atoms. The van der Waals surface area contributed by atoms with Crippen LogP contribution in [0.2, 0.25) is 0 Å². The first-order valence-corrected chi connectivity index (χ1v) is 8.46. The summed E-state index contributed by atoms with van der Waals surface area (Å²) in [5.41, 5.74) is 1.71. The Kier molecular flexibility index (Phi) is 4.84. The fraction of sp³-hybridized carbons (Fsp3) is 0.500. The number of sulfonamides is 1. The number of nitrogens with zero attached hydrogens (tertiary/aromatic N) is 1. The van der Waals surface area contributed by atoms with Crippen LogP contribution in [-0.2, 0) is 21.2 Å². The van der Waals surface area contributed by atoms with Crippen LogP contribution in [0.4, 0.5) is 5.69 Å². The highest BCUT2D eigenvalue weighted by atomic mass is 32.2. The summed E-state index contributed by atoms with van der Waals surface area (Å²) < 4.78 is 27.3. The Labute approximate surface area is 125 Å². The van der Waals surface area contributed by atoms with Gasteiger partial charge in [0.05, 0.1) is 4.90 Å². The fourth-order valence-electron chi connectivity index (χ4n) is 2.32. The molecule has 7 heteroatoms. The molecule has 0 saturated heterocycles. The number of benzene rings is 1. The van der Waals surface area contributed by atoms with E-state index in [0.29, 0.717) is 4.90 Å². The van der Waals surface area contributed by atoms with Crippen molar-refractivity contribution in [3.63, 3.8) is 0 Å². The van der Waals surface area contributed by atoms with Crippen LogP contribution in [0.15, 0.2) is 23.1 Å². The number of hydrogen-bond donors (Lipinski definition) is 2. The molecule has 1 heterocycles. The van der Waals surface area contributed by atoms with Gasteiger partial charge in [-0.15, -0.1) is 0 Å². The lowest BCUT2D eigenvalue weighted by Gasteiger charge is -2.21. The highest BCUT2D eigenvalue weighted by molar-refractivity contribution is 7.89. The van der Waals surface area contributed by atoms with Gasteiger partial charge in [0.25, 0.3) is 0 Å². The molecule has 0 fully saturated rings. The van der Waals surface area contributed by atoms with Crippen molar-refractivity contribution in [3.05, 3.63) is 23.8 Å². The molecule has 0 radical (unpaired) electrons. The van der Waals surface area contributed by atoms with Crippen molar-refractivity contribution in [1.82, 2.24) is 9.62 Å². The average Bonchev–Trinajstić information content (AvgIpc) is 2.46. The minimum atomic E-state index is -3.58. The van der Waals surface area contributed by atoms with Gasteiger partial charge >= 0.3 is 0 Å². The van der Waals surface area contributed by atoms with Gasteiger partial charge < -0.3 is 10.2 Å². The maximum absolute atomic E-state index is 12.4. The van der Waals surface area contributed by atoms with Gasteiger partial charge in [0.15, 0.2) is 0 Å². The third kappa shape index (κ3) is 3.74. The largest absolute Gasteiger partial charge is 0.385 e. The quantitative estimate of drug-likeness (QED) is 0.843. The summed E-state index contributed by atoms with van der Waals surface area (Å²) in [6.45, 7) is 0.970. The molecule has 0 bridgehead atoms. The zero-order valence-electron chi connectivity index (χ0n) is 12.3. The summed E-state index contributed by atoms with van der Waals surface area (Å²) in [5.74, 6) is -0.102. The molecule has 2 rings (SSSR count). The first kappa shape index (κ1) is 15.8. The van der Waals surface area contributed by atoms with Gasteiger partial charge in [-0.1, -0.05) is 6.07 Å². The van der Waals surface area contributed by atoms with E-state index in [0.717, 1.165) is 30.6 Å². The molecule has 6 nitrogen and oxygen atoms in total. The van der Waals surface area contributed by atoms with E-state index in [-0.39, 0.29) is 18.9 Å². The Hall–Kier alpha value is -1.60. The summed E-state index contributed by atoms with van der Waals surface area (Å²) in [6, 6.07) is 5.24. The van der Waals surface area contributed by atoms with E-state index in [2.05, 4.69) is 10.0 Å². The minimum Gasteiger partial charge on any atom is -0.385 e. The Balaban J connectivity index is 2.11. The van der Waals surface area contributed by atoms with E-state index in [1.54, 1.807) is 26.2 Å². The van der Waals surface area contributed by atoms with Crippen molar-refractivity contribution in [3.8, 4) is 0 Å². The van der Waals surface area contributed by atoms with Gasteiger partial charge in [-0.05, 0) is 30.5 Å². The molecule has 21 heavy (non-hydrogen) atoms. The molecule has 2 N–H and O–H groups in total. The molecule has 0 aromatic heterocycles. The van der Waals surface area contributed by atoms with Gasteiger partial charge in [0, 0.05) is 39.3 Å². The van der Waals surface area contributed by atoms with Gasteiger partial charge in [-0.25, -0.2) is 13.1 Å². The predicted octanol–water partition coefficient (Wildman–Crippen LogP) is 0.801. The van der Waals surface area contributed by atoms with Crippen LogP contribution in [-0.4, -0.2) is 46.4 Å². The van der Waals surface area contributed by atoms with E-state index in [1.807, 2.05) is 6.07 Å². The summed E-state index contributed by atoms with van der Waals surface area (Å²) in [6.07, 6.45) is 1.81. The van der Waals surface area contributed by atoms with E-state index < -0.39 is 10.0 Å². The highest BCUT2D eigenvalue weighted by Gasteiger charge is 2.22. The number of carbonyl (C=O) groups excluding carboxylic acids is 1. The first-order valence-electron chi connectivity index (χ1n) is 6.97. The van der Waals surface area contributed by atoms with Crippen LogP contribution in [0.25, 0.3) is 0 Å². The molecule has 0 saturated carbocycles. The lowest BCUT2D eigenvalue weighted by molar-refractivity contribution is -0.128. The van der Waals surface area contributed by atoms with Gasteiger partial charge in [0.2, 0.25) is 15.9 Å². The zero-order chi connectivity index (χ0) is 15.5. The summed E-state index contributed by atoms with van der Waals surface area (Å²) in [5, 5.41) is 3.21. The second-order valence-corrected chi connectivity index (χ2v) is 6.98. The Morgan fingerprint density at radius 3 is 2.86 bits per heavy atom. The first-order chi connectivity index (χ1) is 9.92. The molecule has 1 aromatic rings. The van der Waals surface area contributed by atoms with E-state index in [9.17, 15) is 13.2 Å². The van der Waals surface area contributed by atoms with Crippen molar-refractivity contribution in [1.29, 1.82) is 0 Å². The van der Waals surface area contributed by atoms with E-state index >= 15 is 0 Å². The molecule has 1 aliphatic heterocycles. The second-order valence-electron chi connectivity index (χ2n) is 5.25. The molecule has 0 unspecified atom stereocenters. The van der Waals surface area contributed by atoms with Crippen LogP contribution in [0.3, 0.4) is 0 Å². The van der Waals surface area contributed by atoms with Crippen LogP contribution < -0.4 is 10.0 Å². The monoisotopic (exact) mass is 311 g/mol. The zero-order valence-corrected chi connectivity index (χ0v) is 13.2. The number of rotatable bonds is 5. The molecule has 1 aromatic carbocycles. The van der Waals surface area contributed by atoms with Crippen LogP contribution in [0.5, 0.6) is 0 Å². The van der Waals surface area contributed by atoms with Crippen molar-refractivity contribution in [2.75, 3.05) is 32.5 Å². The number of hydrogen-bond acceptors (Lipinski definition) is 4. The van der Waals surface area contributed by atoms with Gasteiger partial charge in [0.1, 0.15) is 0 Å². The molecule has 0 aliphatic carbocycles. The number of fused-ring (bicyclic) bond motifs is 1. The molecule has 1 aliphatic rings. The van der Waals surface area contributed by atoms with Crippen molar-refractivity contribution in [2.24, 2.45) is 0 Å². The Morgan fingerprint density at radius 2 is 2.14 bits per heavy atom. The lowest BCUT2D eigenvalue weighted by atomic mass is 10.0. The van der Waals surface area contributed by atoms with Gasteiger partial charge in [-0.2, -0.15) is 0 Å². The third-order valence-corrected chi connectivity index (χ3v) is 5.02. The topological polar surface area (TPSA) is 78.5 Å². The fourth-order valence-corrected chi connectivity index (χ4v) is 3.64. The summed E-state index contributed by atoms with van der Waals surface area (Å²) >= 11 is 0. The maximum Gasteiger partial charge on any atom is 0.240 e. The SMILES string of the molecule is CN(C)C(=O)CCNS(=O)(=O)c1cccc2c1CCCN2. The van der Waals surface area contributed by atoms with Crippen molar-refractivity contribution >= 4 is 21.6 Å². The smallest absolute Gasteiger partial charge is 0.240 e. The molecule has 116 valence electrons. The van der Waals surface area contributed by atoms with Crippen LogP contribution in [0, 0.1) is 0 Å². The number of anilines is 1. The minimum absolute atomic E-state index is 0.102. The number of nitrogens with one attached hydrogen (secondary N) is 2. The summed E-state index contributed by atoms with van der Waals surface area (Å²) in [7, 11) is -0.286. The molecular formula is C14H21N3O3S. The highest BCUT2D eigenvalue weighted by Crippen LogP contribution is 2.28. The van der Waals surface area contributed by atoms with Crippen LogP contribution >= 0.6 is 0 Å². The van der Waals surface area contributed by atoms with Gasteiger partial charge in [-0.3, -0.25) is 4.79 Å². The normalized spacial score (nSPS) is 14.2. The average molecular weight is 311 g/mol. The molecule has 0 atom stereocenters. The number of carbonyl (C=O) groups is 1. The van der Waals surface area contributed by atoms with Crippen molar-refractivity contribution in [2.45, 2.75) is 24.2 Å². The maximum atomic E-state index is 12.4. The lowest BCUT2D eigenvalue weighted by Crippen LogP contribution is -2.31. The Morgan fingerprint density at radius 1 is 1.38 bits per heavy atom. The number of amides is 1. The standard InChI is InChI=1S/C14H21N3O3S/c1-17(2)14(18)8-10-16-21(19,20)13-7-3-6-12-11(13)5-4-9-15-12/h3,6-7,15-16H,4-5,8-10H2,1-2H3. The predicted molar refractivity (Wildman–Crippen MR) is 81.8 cm³/mol. The second kappa shape index (κ2) is 6.44. The summed E-state index contributed by atoms with van der Waals surface area (Å²) in [4.78, 5) is 13.2. The third-order valence-electron chi connectivity index (χ3n) is 3.47. The van der Waals surface area contributed by atoms with Crippen molar-refractivity contribution < 1.29 is 13.2 Å². The van der Waals surface area contributed by atoms with E-state index in [4.69, 9.17) is 0 Å².